The minimum absolute atomic E-state index is 0.402. The van der Waals surface area contributed by atoms with Crippen LogP contribution in [0.2, 0.25) is 0 Å². The van der Waals surface area contributed by atoms with Crippen LogP contribution in [0.4, 0.5) is 0 Å². The third-order valence-corrected chi connectivity index (χ3v) is 5.20. The van der Waals surface area contributed by atoms with Crippen LogP contribution in [-0.4, -0.2) is 62.3 Å². The normalized spacial score (nSPS) is 22.8. The Hall–Kier alpha value is -1.10. The predicted molar refractivity (Wildman–Crippen MR) is 97.5 cm³/mol. The molecule has 2 heterocycles. The lowest BCUT2D eigenvalue weighted by Crippen LogP contribution is -2.31. The molecule has 0 N–H and O–H groups in total. The summed E-state index contributed by atoms with van der Waals surface area (Å²) in [7, 11) is 1.81. The van der Waals surface area contributed by atoms with Gasteiger partial charge in [0, 0.05) is 33.3 Å². The average Bonchev–Trinajstić information content (AvgIpc) is 3.08. The molecule has 0 spiro atoms. The van der Waals surface area contributed by atoms with E-state index in [1.165, 1.54) is 44.5 Å². The molecule has 1 aromatic carbocycles. The third-order valence-electron chi connectivity index (χ3n) is 5.20. The minimum Gasteiger partial charge on any atom is -0.494 e. The van der Waals surface area contributed by atoms with E-state index in [2.05, 4.69) is 34.1 Å². The molecular formula is C20H32N2O2. The fourth-order valence-corrected chi connectivity index (χ4v) is 3.79. The van der Waals surface area contributed by atoms with Crippen LogP contribution in [0.1, 0.15) is 37.7 Å². The first-order valence-electron chi connectivity index (χ1n) is 9.53. The van der Waals surface area contributed by atoms with Crippen LogP contribution < -0.4 is 4.74 Å². The predicted octanol–water partition coefficient (Wildman–Crippen LogP) is 3.16. The van der Waals surface area contributed by atoms with E-state index in [9.17, 15) is 0 Å². The summed E-state index contributed by atoms with van der Waals surface area (Å²) < 4.78 is 11.4. The van der Waals surface area contributed by atoms with Crippen molar-refractivity contribution in [3.05, 3.63) is 29.8 Å². The van der Waals surface area contributed by atoms with Crippen LogP contribution >= 0.6 is 0 Å². The van der Waals surface area contributed by atoms with E-state index in [-0.39, 0.29) is 0 Å². The van der Waals surface area contributed by atoms with Gasteiger partial charge in [-0.25, -0.2) is 0 Å². The van der Waals surface area contributed by atoms with Crippen LogP contribution in [0.5, 0.6) is 5.75 Å². The third kappa shape index (κ3) is 5.47. The molecule has 1 unspecified atom stereocenters. The number of hydrogen-bond acceptors (Lipinski definition) is 4. The fourth-order valence-electron chi connectivity index (χ4n) is 3.79. The second-order valence-electron chi connectivity index (χ2n) is 7.13. The Kier molecular flexibility index (Phi) is 6.94. The summed E-state index contributed by atoms with van der Waals surface area (Å²) in [6.45, 7) is 7.69. The molecule has 1 atom stereocenters. The molecule has 134 valence electrons. The van der Waals surface area contributed by atoms with Gasteiger partial charge in [0.15, 0.2) is 0 Å². The molecule has 2 fully saturated rings. The standard InChI is InChI=1S/C20H32N2O2/c1-23-20-9-13-22(17-20)16-18-7-5-8-19(15-18)24-14-6-12-21-10-3-2-4-11-21/h5,7-8,15,20H,2-4,6,9-14,16-17H2,1H3. The number of likely N-dealkylation sites (tertiary alicyclic amines) is 2. The van der Waals surface area contributed by atoms with Crippen LogP contribution in [0.15, 0.2) is 24.3 Å². The van der Waals surface area contributed by atoms with Gasteiger partial charge in [0.2, 0.25) is 0 Å². The highest BCUT2D eigenvalue weighted by atomic mass is 16.5. The zero-order chi connectivity index (χ0) is 16.6. The molecule has 2 aliphatic rings. The van der Waals surface area contributed by atoms with Gasteiger partial charge in [-0.3, -0.25) is 4.90 Å². The number of nitrogens with zero attached hydrogens (tertiary/aromatic N) is 2. The van der Waals surface area contributed by atoms with E-state index in [0.717, 1.165) is 44.8 Å². The van der Waals surface area contributed by atoms with E-state index in [4.69, 9.17) is 9.47 Å². The maximum atomic E-state index is 5.97. The topological polar surface area (TPSA) is 24.9 Å². The molecule has 0 bridgehead atoms. The zero-order valence-corrected chi connectivity index (χ0v) is 15.1. The Labute approximate surface area is 146 Å². The quantitative estimate of drug-likeness (QED) is 0.683. The number of hydrogen-bond donors (Lipinski definition) is 0. The molecule has 0 saturated carbocycles. The van der Waals surface area contributed by atoms with Gasteiger partial charge < -0.3 is 14.4 Å². The van der Waals surface area contributed by atoms with Gasteiger partial charge in [0.25, 0.3) is 0 Å². The monoisotopic (exact) mass is 332 g/mol. The molecule has 2 saturated heterocycles. The largest absolute Gasteiger partial charge is 0.494 e. The van der Waals surface area contributed by atoms with Crippen molar-refractivity contribution in [2.24, 2.45) is 0 Å². The molecule has 1 aromatic rings. The van der Waals surface area contributed by atoms with Crippen molar-refractivity contribution in [3.8, 4) is 5.75 Å². The molecule has 0 radical (unpaired) electrons. The Morgan fingerprint density at radius 3 is 2.75 bits per heavy atom. The number of rotatable bonds is 8. The van der Waals surface area contributed by atoms with Crippen molar-refractivity contribution in [2.45, 2.75) is 44.8 Å². The summed E-state index contributed by atoms with van der Waals surface area (Å²) in [5.41, 5.74) is 1.33. The molecule has 24 heavy (non-hydrogen) atoms. The number of benzene rings is 1. The molecule has 3 rings (SSSR count). The van der Waals surface area contributed by atoms with E-state index in [1.54, 1.807) is 0 Å². The SMILES string of the molecule is COC1CCN(Cc2cccc(OCCCN3CCCCC3)c2)C1. The smallest absolute Gasteiger partial charge is 0.119 e. The van der Waals surface area contributed by atoms with Crippen LogP contribution in [0.25, 0.3) is 0 Å². The molecular weight excluding hydrogens is 300 g/mol. The molecule has 0 aromatic heterocycles. The molecule has 0 amide bonds. The summed E-state index contributed by atoms with van der Waals surface area (Å²) in [5, 5.41) is 0. The molecule has 4 nitrogen and oxygen atoms in total. The van der Waals surface area contributed by atoms with Crippen molar-refractivity contribution in [1.82, 2.24) is 9.80 Å². The highest BCUT2D eigenvalue weighted by Gasteiger charge is 2.21. The first-order chi connectivity index (χ1) is 11.8. The summed E-state index contributed by atoms with van der Waals surface area (Å²) in [5.74, 6) is 1.01. The van der Waals surface area contributed by atoms with Crippen molar-refractivity contribution < 1.29 is 9.47 Å². The van der Waals surface area contributed by atoms with Crippen molar-refractivity contribution >= 4 is 0 Å². The highest BCUT2D eigenvalue weighted by Crippen LogP contribution is 2.19. The van der Waals surface area contributed by atoms with Crippen molar-refractivity contribution in [2.75, 3.05) is 46.4 Å². The van der Waals surface area contributed by atoms with E-state index >= 15 is 0 Å². The highest BCUT2D eigenvalue weighted by molar-refractivity contribution is 5.28. The van der Waals surface area contributed by atoms with Crippen LogP contribution in [0, 0.1) is 0 Å². The van der Waals surface area contributed by atoms with Gasteiger partial charge in [-0.05, 0) is 56.5 Å². The lowest BCUT2D eigenvalue weighted by Gasteiger charge is -2.26. The van der Waals surface area contributed by atoms with E-state index in [0.29, 0.717) is 6.10 Å². The number of ether oxygens (including phenoxy) is 2. The van der Waals surface area contributed by atoms with Crippen molar-refractivity contribution in [1.29, 1.82) is 0 Å². The zero-order valence-electron chi connectivity index (χ0n) is 15.1. The van der Waals surface area contributed by atoms with Crippen molar-refractivity contribution in [3.63, 3.8) is 0 Å². The van der Waals surface area contributed by atoms with Gasteiger partial charge in [0.05, 0.1) is 12.7 Å². The van der Waals surface area contributed by atoms with Gasteiger partial charge >= 0.3 is 0 Å². The summed E-state index contributed by atoms with van der Waals surface area (Å²) in [4.78, 5) is 5.03. The van der Waals surface area contributed by atoms with Gasteiger partial charge in [-0.2, -0.15) is 0 Å². The number of methoxy groups -OCH3 is 1. The molecule has 0 aliphatic carbocycles. The minimum atomic E-state index is 0.402. The Balaban J connectivity index is 1.38. The van der Waals surface area contributed by atoms with Gasteiger partial charge in [-0.1, -0.05) is 18.6 Å². The first-order valence-corrected chi connectivity index (χ1v) is 9.53. The van der Waals surface area contributed by atoms with E-state index in [1.807, 2.05) is 7.11 Å². The Morgan fingerprint density at radius 1 is 1.08 bits per heavy atom. The molecule has 4 heteroatoms. The summed E-state index contributed by atoms with van der Waals surface area (Å²) >= 11 is 0. The lowest BCUT2D eigenvalue weighted by molar-refractivity contribution is 0.107. The second kappa shape index (κ2) is 9.40. The number of piperidine rings is 1. The lowest BCUT2D eigenvalue weighted by atomic mass is 10.1. The summed E-state index contributed by atoms with van der Waals surface area (Å²) in [6.07, 6.45) is 6.79. The Morgan fingerprint density at radius 2 is 1.96 bits per heavy atom. The first kappa shape index (κ1) is 17.7. The van der Waals surface area contributed by atoms with Gasteiger partial charge in [0.1, 0.15) is 5.75 Å². The second-order valence-corrected chi connectivity index (χ2v) is 7.13. The Bertz CT molecular complexity index is 488. The van der Waals surface area contributed by atoms with Crippen LogP contribution in [-0.2, 0) is 11.3 Å². The maximum Gasteiger partial charge on any atom is 0.119 e. The average molecular weight is 332 g/mol. The molecule has 2 aliphatic heterocycles. The summed E-state index contributed by atoms with van der Waals surface area (Å²) in [6, 6.07) is 8.58. The van der Waals surface area contributed by atoms with E-state index < -0.39 is 0 Å². The van der Waals surface area contributed by atoms with Gasteiger partial charge in [-0.15, -0.1) is 0 Å². The fraction of sp³-hybridized carbons (Fsp3) is 0.700. The maximum absolute atomic E-state index is 5.97. The van der Waals surface area contributed by atoms with Crippen LogP contribution in [0.3, 0.4) is 0 Å².